The first kappa shape index (κ1) is 12.1. The Morgan fingerprint density at radius 1 is 1.24 bits per heavy atom. The van der Waals surface area contributed by atoms with Crippen LogP contribution in [0.25, 0.3) is 0 Å². The summed E-state index contributed by atoms with van der Waals surface area (Å²) in [6, 6.07) is 12.0. The molecule has 2 aromatic rings. The first-order valence-electron chi connectivity index (χ1n) is 5.42. The van der Waals surface area contributed by atoms with E-state index in [9.17, 15) is 0 Å². The Morgan fingerprint density at radius 2 is 2.12 bits per heavy atom. The van der Waals surface area contributed by atoms with Gasteiger partial charge in [0.2, 0.25) is 0 Å². The molecule has 0 bridgehead atoms. The molecule has 17 heavy (non-hydrogen) atoms. The zero-order valence-corrected chi connectivity index (χ0v) is 10.9. The minimum atomic E-state index is 0.517. The summed E-state index contributed by atoms with van der Waals surface area (Å²) in [5.74, 6) is 0. The molecule has 4 heteroatoms. The molecule has 0 radical (unpaired) electrons. The maximum Gasteiger partial charge on any atom is 0.0639 e. The fourth-order valence-corrected chi connectivity index (χ4v) is 2.00. The molecule has 0 saturated heterocycles. The zero-order chi connectivity index (χ0) is 12.1. The highest BCUT2D eigenvalue weighted by atomic mass is 79.9. The van der Waals surface area contributed by atoms with Gasteiger partial charge in [0.05, 0.1) is 12.2 Å². The summed E-state index contributed by atoms with van der Waals surface area (Å²) in [4.78, 5) is 4.33. The second-order valence-electron chi connectivity index (χ2n) is 3.68. The van der Waals surface area contributed by atoms with Crippen molar-refractivity contribution < 1.29 is 0 Å². The smallest absolute Gasteiger partial charge is 0.0639 e. The molecule has 0 amide bonds. The van der Waals surface area contributed by atoms with Gasteiger partial charge in [0.1, 0.15) is 0 Å². The first-order chi connectivity index (χ1) is 8.29. The van der Waals surface area contributed by atoms with Crippen molar-refractivity contribution in [3.63, 3.8) is 0 Å². The standard InChI is InChI=1S/C13H14BrN3/c14-11-4-1-5-12(7-11)17-9-13-10(8-15)3-2-6-16-13/h1-7,17H,8-9,15H2. The third-order valence-electron chi connectivity index (χ3n) is 2.49. The number of anilines is 1. The van der Waals surface area contributed by atoms with Crippen LogP contribution >= 0.6 is 15.9 Å². The van der Waals surface area contributed by atoms with E-state index >= 15 is 0 Å². The van der Waals surface area contributed by atoms with Crippen LogP contribution in [0, 0.1) is 0 Å². The highest BCUT2D eigenvalue weighted by Gasteiger charge is 2.01. The first-order valence-corrected chi connectivity index (χ1v) is 6.21. The molecule has 0 atom stereocenters. The number of hydrogen-bond donors (Lipinski definition) is 2. The van der Waals surface area contributed by atoms with E-state index in [1.165, 1.54) is 0 Å². The second kappa shape index (κ2) is 5.80. The van der Waals surface area contributed by atoms with Crippen LogP contribution in [0.3, 0.4) is 0 Å². The average Bonchev–Trinajstić information content (AvgIpc) is 2.37. The molecule has 3 N–H and O–H groups in total. The molecule has 0 aliphatic carbocycles. The summed E-state index contributed by atoms with van der Waals surface area (Å²) in [6.07, 6.45) is 1.79. The SMILES string of the molecule is NCc1cccnc1CNc1cccc(Br)c1. The predicted molar refractivity (Wildman–Crippen MR) is 73.6 cm³/mol. The van der Waals surface area contributed by atoms with E-state index in [1.54, 1.807) is 6.20 Å². The van der Waals surface area contributed by atoms with Gasteiger partial charge in [0, 0.05) is 22.9 Å². The monoisotopic (exact) mass is 291 g/mol. The van der Waals surface area contributed by atoms with Crippen molar-refractivity contribution in [1.82, 2.24) is 4.98 Å². The quantitative estimate of drug-likeness (QED) is 0.911. The van der Waals surface area contributed by atoms with Crippen molar-refractivity contribution in [3.05, 3.63) is 58.3 Å². The summed E-state index contributed by atoms with van der Waals surface area (Å²) in [7, 11) is 0. The molecule has 2 rings (SSSR count). The molecule has 0 saturated carbocycles. The van der Waals surface area contributed by atoms with Gasteiger partial charge in [-0.15, -0.1) is 0 Å². The van der Waals surface area contributed by atoms with Gasteiger partial charge in [0.25, 0.3) is 0 Å². The fourth-order valence-electron chi connectivity index (χ4n) is 1.60. The molecular weight excluding hydrogens is 278 g/mol. The highest BCUT2D eigenvalue weighted by molar-refractivity contribution is 9.10. The summed E-state index contributed by atoms with van der Waals surface area (Å²) < 4.78 is 1.06. The number of benzene rings is 1. The number of aromatic nitrogens is 1. The van der Waals surface area contributed by atoms with Gasteiger partial charge in [-0.05, 0) is 29.8 Å². The summed E-state index contributed by atoms with van der Waals surface area (Å²) in [5, 5.41) is 3.33. The lowest BCUT2D eigenvalue weighted by molar-refractivity contribution is 0.951. The van der Waals surface area contributed by atoms with Gasteiger partial charge in [-0.2, -0.15) is 0 Å². The van der Waals surface area contributed by atoms with Crippen LogP contribution in [0.15, 0.2) is 47.1 Å². The average molecular weight is 292 g/mol. The van der Waals surface area contributed by atoms with Crippen LogP contribution in [0.1, 0.15) is 11.3 Å². The van der Waals surface area contributed by atoms with Crippen LogP contribution in [0.2, 0.25) is 0 Å². The molecule has 0 aliphatic rings. The Bertz CT molecular complexity index is 500. The molecule has 1 heterocycles. The molecule has 1 aromatic carbocycles. The van der Waals surface area contributed by atoms with Crippen molar-refractivity contribution in [2.75, 3.05) is 5.32 Å². The maximum atomic E-state index is 5.67. The Hall–Kier alpha value is -1.39. The predicted octanol–water partition coefficient (Wildman–Crippen LogP) is 2.91. The van der Waals surface area contributed by atoms with Crippen molar-refractivity contribution in [2.24, 2.45) is 5.73 Å². The lowest BCUT2D eigenvalue weighted by atomic mass is 10.2. The van der Waals surface area contributed by atoms with Crippen LogP contribution in [0.4, 0.5) is 5.69 Å². The third kappa shape index (κ3) is 3.28. The number of halogens is 1. The molecule has 3 nitrogen and oxygen atoms in total. The fraction of sp³-hybridized carbons (Fsp3) is 0.154. The summed E-state index contributed by atoms with van der Waals surface area (Å²) in [5.41, 5.74) is 8.81. The van der Waals surface area contributed by atoms with E-state index in [0.29, 0.717) is 13.1 Å². The van der Waals surface area contributed by atoms with Crippen molar-refractivity contribution >= 4 is 21.6 Å². The Morgan fingerprint density at radius 3 is 2.88 bits per heavy atom. The number of rotatable bonds is 4. The molecule has 0 unspecified atom stereocenters. The third-order valence-corrected chi connectivity index (χ3v) is 2.98. The molecule has 0 aliphatic heterocycles. The van der Waals surface area contributed by atoms with Crippen molar-refractivity contribution in [3.8, 4) is 0 Å². The topological polar surface area (TPSA) is 50.9 Å². The molecule has 0 spiro atoms. The highest BCUT2D eigenvalue weighted by Crippen LogP contribution is 2.16. The number of nitrogens with one attached hydrogen (secondary N) is 1. The normalized spacial score (nSPS) is 10.2. The van der Waals surface area contributed by atoms with E-state index in [2.05, 4.69) is 26.2 Å². The van der Waals surface area contributed by atoms with Crippen LogP contribution in [-0.4, -0.2) is 4.98 Å². The Kier molecular flexibility index (Phi) is 4.12. The second-order valence-corrected chi connectivity index (χ2v) is 4.59. The number of nitrogens with two attached hydrogens (primary N) is 1. The van der Waals surface area contributed by atoms with E-state index in [0.717, 1.165) is 21.4 Å². The van der Waals surface area contributed by atoms with Gasteiger partial charge >= 0.3 is 0 Å². The van der Waals surface area contributed by atoms with Crippen LogP contribution in [-0.2, 0) is 13.1 Å². The van der Waals surface area contributed by atoms with E-state index < -0.39 is 0 Å². The number of nitrogens with zero attached hydrogens (tertiary/aromatic N) is 1. The zero-order valence-electron chi connectivity index (χ0n) is 9.36. The van der Waals surface area contributed by atoms with Crippen molar-refractivity contribution in [2.45, 2.75) is 13.1 Å². The number of hydrogen-bond acceptors (Lipinski definition) is 3. The van der Waals surface area contributed by atoms with Crippen LogP contribution in [0.5, 0.6) is 0 Å². The van der Waals surface area contributed by atoms with Gasteiger partial charge in [0.15, 0.2) is 0 Å². The minimum Gasteiger partial charge on any atom is -0.379 e. The molecule has 1 aromatic heterocycles. The van der Waals surface area contributed by atoms with E-state index in [-0.39, 0.29) is 0 Å². The largest absolute Gasteiger partial charge is 0.379 e. The molecular formula is C13H14BrN3. The Balaban J connectivity index is 2.07. The minimum absolute atomic E-state index is 0.517. The van der Waals surface area contributed by atoms with Gasteiger partial charge in [-0.1, -0.05) is 28.1 Å². The van der Waals surface area contributed by atoms with E-state index in [1.807, 2.05) is 36.4 Å². The molecule has 0 fully saturated rings. The van der Waals surface area contributed by atoms with Crippen molar-refractivity contribution in [1.29, 1.82) is 0 Å². The lowest BCUT2D eigenvalue weighted by Gasteiger charge is -2.09. The summed E-state index contributed by atoms with van der Waals surface area (Å²) >= 11 is 3.44. The summed E-state index contributed by atoms with van der Waals surface area (Å²) in [6.45, 7) is 1.20. The van der Waals surface area contributed by atoms with Crippen LogP contribution < -0.4 is 11.1 Å². The Labute approximate surface area is 109 Å². The number of pyridine rings is 1. The maximum absolute atomic E-state index is 5.67. The van der Waals surface area contributed by atoms with Gasteiger partial charge < -0.3 is 11.1 Å². The van der Waals surface area contributed by atoms with Gasteiger partial charge in [-0.25, -0.2) is 0 Å². The van der Waals surface area contributed by atoms with E-state index in [4.69, 9.17) is 5.73 Å². The molecule has 88 valence electrons. The van der Waals surface area contributed by atoms with Gasteiger partial charge in [-0.3, -0.25) is 4.98 Å². The lowest BCUT2D eigenvalue weighted by Crippen LogP contribution is -2.08.